The number of fused-ring (bicyclic) bond motifs is 2. The van der Waals surface area contributed by atoms with E-state index in [-0.39, 0.29) is 24.7 Å². The van der Waals surface area contributed by atoms with Gasteiger partial charge in [-0.25, -0.2) is 18.0 Å². The molecule has 0 radical (unpaired) electrons. The zero-order chi connectivity index (χ0) is 32.8. The number of carbonyl (C=O) groups is 1. The zero-order valence-corrected chi connectivity index (χ0v) is 26.3. The molecule has 2 heterocycles. The molecule has 0 saturated carbocycles. The van der Waals surface area contributed by atoms with E-state index in [4.69, 9.17) is 30.9 Å². The van der Waals surface area contributed by atoms with Crippen LogP contribution in [0.3, 0.4) is 0 Å². The van der Waals surface area contributed by atoms with Gasteiger partial charge < -0.3 is 24.3 Å². The number of nitrogens with one attached hydrogen (secondary N) is 2. The Bertz CT molecular complexity index is 1840. The molecule has 12 heteroatoms. The van der Waals surface area contributed by atoms with E-state index in [1.807, 2.05) is 25.1 Å². The Morgan fingerprint density at radius 2 is 1.89 bits per heavy atom. The minimum atomic E-state index is -3.18. The van der Waals surface area contributed by atoms with Gasteiger partial charge in [-0.3, -0.25) is 5.10 Å². The first-order valence-corrected chi connectivity index (χ1v) is 15.5. The Balaban J connectivity index is 1.46. The Labute approximate surface area is 268 Å². The fraction of sp³-hybridized carbons (Fsp3) is 0.353. The molecule has 3 aromatic carbocycles. The predicted molar refractivity (Wildman–Crippen MR) is 170 cm³/mol. The largest absolute Gasteiger partial charge is 0.493 e. The lowest BCUT2D eigenvalue weighted by molar-refractivity contribution is -0.0936. The summed E-state index contributed by atoms with van der Waals surface area (Å²) in [4.78, 5) is 16.4. The minimum Gasteiger partial charge on any atom is -0.493 e. The van der Waals surface area contributed by atoms with E-state index in [1.165, 1.54) is 12.1 Å². The number of aromatic nitrogens is 3. The van der Waals surface area contributed by atoms with Crippen molar-refractivity contribution in [2.24, 2.45) is 0 Å². The van der Waals surface area contributed by atoms with Gasteiger partial charge in [0.25, 0.3) is 5.92 Å². The number of hydrogen-bond donors (Lipinski definition) is 3. The molecule has 0 aliphatic rings. The standard InChI is InChI=1S/C34H35ClF3N3O5/c1-3-26-30(27(41-40-26)18-44-19-34(37,38)14-15-42)29-25(35)13-12-24-23(32(39-31(24)29)33(43)45-4-2)8-6-16-46-28-9-5-7-20-17-21(36)10-11-22(20)28/h5,7,9-13,17,39,42H,3-4,6,8,14-16,18-19H2,1-2H3,(H,40,41). The first kappa shape index (κ1) is 33.3. The number of carbonyl (C=O) groups excluding carboxylic acids is 1. The van der Waals surface area contributed by atoms with Crippen LogP contribution in [0.4, 0.5) is 13.2 Å². The van der Waals surface area contributed by atoms with E-state index in [9.17, 15) is 18.0 Å². The highest BCUT2D eigenvalue weighted by atomic mass is 35.5. The molecule has 0 fully saturated rings. The number of aliphatic hydroxyl groups excluding tert-OH is 1. The van der Waals surface area contributed by atoms with Crippen LogP contribution in [0.1, 0.15) is 54.1 Å². The van der Waals surface area contributed by atoms with Crippen molar-refractivity contribution in [2.75, 3.05) is 26.4 Å². The molecule has 244 valence electrons. The third kappa shape index (κ3) is 7.16. The molecule has 8 nitrogen and oxygen atoms in total. The number of aliphatic hydroxyl groups is 1. The number of alkyl halides is 2. The molecule has 0 aliphatic heterocycles. The normalized spacial score (nSPS) is 11.9. The topological polar surface area (TPSA) is 109 Å². The highest BCUT2D eigenvalue weighted by molar-refractivity contribution is 6.35. The Morgan fingerprint density at radius 1 is 1.09 bits per heavy atom. The van der Waals surface area contributed by atoms with E-state index in [1.54, 1.807) is 25.1 Å². The summed E-state index contributed by atoms with van der Waals surface area (Å²) in [6.45, 7) is 2.41. The summed E-state index contributed by atoms with van der Waals surface area (Å²) in [6, 6.07) is 13.5. The van der Waals surface area contributed by atoms with Gasteiger partial charge in [-0.1, -0.05) is 36.7 Å². The highest BCUT2D eigenvalue weighted by Crippen LogP contribution is 2.41. The Hall–Kier alpha value is -4.06. The number of H-pyrrole nitrogens is 2. The second kappa shape index (κ2) is 14.6. The molecule has 5 aromatic rings. The van der Waals surface area contributed by atoms with Crippen LogP contribution in [0.15, 0.2) is 48.5 Å². The van der Waals surface area contributed by atoms with E-state index in [0.29, 0.717) is 64.7 Å². The fourth-order valence-corrected chi connectivity index (χ4v) is 5.82. The number of ether oxygens (including phenoxy) is 3. The van der Waals surface area contributed by atoms with E-state index in [2.05, 4.69) is 15.2 Å². The summed E-state index contributed by atoms with van der Waals surface area (Å²) in [5.74, 6) is -3.40. The van der Waals surface area contributed by atoms with Crippen molar-refractivity contribution in [1.82, 2.24) is 15.2 Å². The summed E-state index contributed by atoms with van der Waals surface area (Å²) in [6.07, 6.45) is 0.803. The molecule has 5 rings (SSSR count). The van der Waals surface area contributed by atoms with Gasteiger partial charge >= 0.3 is 5.97 Å². The molecular weight excluding hydrogens is 623 g/mol. The van der Waals surface area contributed by atoms with Gasteiger partial charge in [-0.15, -0.1) is 0 Å². The number of aryl methyl sites for hydroxylation is 2. The van der Waals surface area contributed by atoms with Crippen molar-refractivity contribution in [3.63, 3.8) is 0 Å². The molecule has 2 aromatic heterocycles. The van der Waals surface area contributed by atoms with Crippen LogP contribution in [-0.4, -0.2) is 58.6 Å². The van der Waals surface area contributed by atoms with Gasteiger partial charge in [0, 0.05) is 34.9 Å². The summed E-state index contributed by atoms with van der Waals surface area (Å²) in [5, 5.41) is 18.9. The SMILES string of the molecule is CCOC(=O)c1[nH]c2c(-c3c(CC)n[nH]c3COCC(F)(F)CCO)c(Cl)ccc2c1CCCOc1cccc2cc(F)ccc12. The number of nitrogens with zero attached hydrogens (tertiary/aromatic N) is 1. The molecular formula is C34H35ClF3N3O5. The molecule has 46 heavy (non-hydrogen) atoms. The molecule has 0 bridgehead atoms. The third-order valence-electron chi connectivity index (χ3n) is 7.68. The smallest absolute Gasteiger partial charge is 0.355 e. The molecule has 0 spiro atoms. The number of esters is 1. The van der Waals surface area contributed by atoms with Crippen molar-refractivity contribution >= 4 is 39.2 Å². The van der Waals surface area contributed by atoms with E-state index < -0.39 is 31.5 Å². The van der Waals surface area contributed by atoms with E-state index >= 15 is 0 Å². The fourth-order valence-electron chi connectivity index (χ4n) is 5.57. The molecule has 0 atom stereocenters. The number of aromatic amines is 2. The Kier molecular flexibility index (Phi) is 10.6. The number of rotatable bonds is 15. The van der Waals surface area contributed by atoms with Crippen LogP contribution in [0, 0.1) is 5.82 Å². The predicted octanol–water partition coefficient (Wildman–Crippen LogP) is 7.79. The van der Waals surface area contributed by atoms with Crippen LogP contribution in [-0.2, 0) is 28.9 Å². The second-order valence-electron chi connectivity index (χ2n) is 10.8. The van der Waals surface area contributed by atoms with Crippen LogP contribution in [0.5, 0.6) is 5.75 Å². The maximum atomic E-state index is 14.0. The van der Waals surface area contributed by atoms with Crippen molar-refractivity contribution in [2.45, 2.75) is 52.1 Å². The van der Waals surface area contributed by atoms with Crippen LogP contribution in [0.25, 0.3) is 32.8 Å². The van der Waals surface area contributed by atoms with Crippen molar-refractivity contribution in [1.29, 1.82) is 0 Å². The van der Waals surface area contributed by atoms with Crippen molar-refractivity contribution in [3.05, 3.63) is 82.0 Å². The average Bonchev–Trinajstić information content (AvgIpc) is 3.60. The minimum absolute atomic E-state index is 0.177. The van der Waals surface area contributed by atoms with Crippen LogP contribution in [0.2, 0.25) is 5.02 Å². The van der Waals surface area contributed by atoms with Crippen molar-refractivity contribution in [3.8, 4) is 16.9 Å². The lowest BCUT2D eigenvalue weighted by Crippen LogP contribution is -2.25. The maximum Gasteiger partial charge on any atom is 0.355 e. The third-order valence-corrected chi connectivity index (χ3v) is 8.00. The summed E-state index contributed by atoms with van der Waals surface area (Å²) < 4.78 is 58.5. The average molecular weight is 658 g/mol. The lowest BCUT2D eigenvalue weighted by atomic mass is 9.97. The quantitative estimate of drug-likeness (QED) is 0.0783. The number of benzene rings is 3. The monoisotopic (exact) mass is 657 g/mol. The molecule has 3 N–H and O–H groups in total. The molecule has 0 aliphatic carbocycles. The molecule has 0 amide bonds. The van der Waals surface area contributed by atoms with Crippen molar-refractivity contribution < 1.29 is 37.3 Å². The van der Waals surface area contributed by atoms with Gasteiger partial charge in [0.05, 0.1) is 41.7 Å². The number of hydrogen-bond acceptors (Lipinski definition) is 6. The maximum absolute atomic E-state index is 14.0. The van der Waals surface area contributed by atoms with Gasteiger partial charge in [-0.05, 0) is 67.5 Å². The molecule has 0 unspecified atom stereocenters. The van der Waals surface area contributed by atoms with Gasteiger partial charge in [0.2, 0.25) is 0 Å². The Morgan fingerprint density at radius 3 is 2.65 bits per heavy atom. The number of halogens is 4. The van der Waals surface area contributed by atoms with E-state index in [0.717, 1.165) is 21.7 Å². The van der Waals surface area contributed by atoms with Gasteiger partial charge in [0.15, 0.2) is 0 Å². The van der Waals surface area contributed by atoms with Gasteiger partial charge in [-0.2, -0.15) is 5.10 Å². The summed E-state index contributed by atoms with van der Waals surface area (Å²) >= 11 is 6.79. The zero-order valence-electron chi connectivity index (χ0n) is 25.5. The first-order chi connectivity index (χ1) is 22.2. The molecule has 0 saturated heterocycles. The summed E-state index contributed by atoms with van der Waals surface area (Å²) in [7, 11) is 0. The second-order valence-corrected chi connectivity index (χ2v) is 11.2. The first-order valence-electron chi connectivity index (χ1n) is 15.1. The van der Waals surface area contributed by atoms with Crippen LogP contribution >= 0.6 is 11.6 Å². The van der Waals surface area contributed by atoms with Crippen LogP contribution < -0.4 is 4.74 Å². The van der Waals surface area contributed by atoms with Gasteiger partial charge in [0.1, 0.15) is 23.9 Å². The lowest BCUT2D eigenvalue weighted by Gasteiger charge is -2.15. The summed E-state index contributed by atoms with van der Waals surface area (Å²) in [5.41, 5.74) is 3.83. The highest BCUT2D eigenvalue weighted by Gasteiger charge is 2.30.